The van der Waals surface area contributed by atoms with Crippen LogP contribution in [0.15, 0.2) is 48.7 Å². The normalized spacial score (nSPS) is 10.9. The number of aromatic nitrogens is 1. The Labute approximate surface area is 133 Å². The predicted molar refractivity (Wildman–Crippen MR) is 87.0 cm³/mol. The summed E-state index contributed by atoms with van der Waals surface area (Å²) in [7, 11) is 0. The largest absolute Gasteiger partial charge is 0.313 e. The minimum atomic E-state index is -0.126. The molecule has 0 aliphatic rings. The number of hydrogen-bond donors (Lipinski definition) is 0. The first-order chi connectivity index (χ1) is 10.5. The molecule has 110 valence electrons. The Morgan fingerprint density at radius 2 is 1.77 bits per heavy atom. The van der Waals surface area contributed by atoms with Crippen molar-refractivity contribution in [3.8, 4) is 0 Å². The summed E-state index contributed by atoms with van der Waals surface area (Å²) in [5.41, 5.74) is 3.14. The first-order valence-corrected chi connectivity index (χ1v) is 7.28. The lowest BCUT2D eigenvalue weighted by Gasteiger charge is -2.13. The average molecular weight is 312 g/mol. The van der Waals surface area contributed by atoms with E-state index in [2.05, 4.69) is 0 Å². The van der Waals surface area contributed by atoms with Crippen LogP contribution in [0.1, 0.15) is 38.9 Å². The zero-order valence-electron chi connectivity index (χ0n) is 12.3. The molecular weight excluding hydrogens is 298 g/mol. The fourth-order valence-corrected chi connectivity index (χ4v) is 2.79. The van der Waals surface area contributed by atoms with Crippen molar-refractivity contribution in [2.24, 2.45) is 0 Å². The van der Waals surface area contributed by atoms with Crippen molar-refractivity contribution in [1.29, 1.82) is 0 Å². The van der Waals surface area contributed by atoms with Crippen LogP contribution in [0.5, 0.6) is 0 Å². The summed E-state index contributed by atoms with van der Waals surface area (Å²) < 4.78 is 1.82. The number of carbonyl (C=O) groups excluding carboxylic acids is 2. The fraction of sp³-hybridized carbons (Fsp3) is 0.111. The van der Waals surface area contributed by atoms with Crippen molar-refractivity contribution in [3.05, 3.63) is 76.1 Å². The molecule has 0 spiro atoms. The highest BCUT2D eigenvalue weighted by Crippen LogP contribution is 2.23. The summed E-state index contributed by atoms with van der Waals surface area (Å²) in [6, 6.07) is 12.3. The molecule has 0 unspecified atom stereocenters. The molecule has 2 aromatic heterocycles. The molecule has 4 heteroatoms. The maximum Gasteiger partial charge on any atom is 0.210 e. The molecular formula is C18H14ClNO2. The molecule has 1 aromatic carbocycles. The number of halogens is 1. The number of carbonyl (C=O) groups is 2. The van der Waals surface area contributed by atoms with Crippen molar-refractivity contribution in [3.63, 3.8) is 0 Å². The minimum absolute atomic E-state index is 0.0497. The van der Waals surface area contributed by atoms with E-state index in [0.717, 1.165) is 5.52 Å². The summed E-state index contributed by atoms with van der Waals surface area (Å²) in [6.07, 6.45) is 1.83. The van der Waals surface area contributed by atoms with Gasteiger partial charge in [-0.2, -0.15) is 0 Å². The Morgan fingerprint density at radius 1 is 1.09 bits per heavy atom. The Hall–Kier alpha value is -2.39. The highest BCUT2D eigenvalue weighted by molar-refractivity contribution is 6.30. The second kappa shape index (κ2) is 5.43. The van der Waals surface area contributed by atoms with Crippen LogP contribution in [0.25, 0.3) is 5.52 Å². The van der Waals surface area contributed by atoms with E-state index in [1.807, 2.05) is 28.8 Å². The van der Waals surface area contributed by atoms with Gasteiger partial charge in [0.25, 0.3) is 0 Å². The van der Waals surface area contributed by atoms with E-state index in [1.165, 1.54) is 6.92 Å². The van der Waals surface area contributed by atoms with E-state index in [9.17, 15) is 9.59 Å². The molecule has 0 aliphatic carbocycles. The Morgan fingerprint density at radius 3 is 2.41 bits per heavy atom. The van der Waals surface area contributed by atoms with Gasteiger partial charge < -0.3 is 4.40 Å². The van der Waals surface area contributed by atoms with Crippen LogP contribution in [-0.2, 0) is 0 Å². The van der Waals surface area contributed by atoms with Crippen molar-refractivity contribution in [2.45, 2.75) is 13.8 Å². The number of ketones is 2. The quantitative estimate of drug-likeness (QED) is 0.675. The molecule has 0 saturated carbocycles. The number of pyridine rings is 1. The first-order valence-electron chi connectivity index (χ1n) is 6.91. The SMILES string of the molecule is CC(=O)c1cc2cccn2c(C(=O)c2ccc(Cl)cc2)c1C. The molecule has 2 heterocycles. The van der Waals surface area contributed by atoms with E-state index in [0.29, 0.717) is 27.4 Å². The maximum absolute atomic E-state index is 12.9. The number of hydrogen-bond acceptors (Lipinski definition) is 2. The molecule has 0 aliphatic heterocycles. The van der Waals surface area contributed by atoms with Gasteiger partial charge in [-0.25, -0.2) is 0 Å². The summed E-state index contributed by atoms with van der Waals surface area (Å²) in [6.45, 7) is 3.32. The van der Waals surface area contributed by atoms with Gasteiger partial charge in [-0.05, 0) is 61.9 Å². The molecule has 0 fully saturated rings. The summed E-state index contributed by atoms with van der Waals surface area (Å²) in [4.78, 5) is 24.7. The lowest BCUT2D eigenvalue weighted by molar-refractivity contribution is 0.101. The van der Waals surface area contributed by atoms with E-state index in [4.69, 9.17) is 11.6 Å². The minimum Gasteiger partial charge on any atom is -0.313 e. The lowest BCUT2D eigenvalue weighted by atomic mass is 9.98. The van der Waals surface area contributed by atoms with Gasteiger partial charge >= 0.3 is 0 Å². The van der Waals surface area contributed by atoms with Gasteiger partial charge in [0.2, 0.25) is 5.78 Å². The Bertz CT molecular complexity index is 891. The van der Waals surface area contributed by atoms with Crippen LogP contribution >= 0.6 is 11.6 Å². The standard InChI is InChI=1S/C18H14ClNO2/c1-11-16(12(2)21)10-15-4-3-9-20(15)17(11)18(22)13-5-7-14(19)8-6-13/h3-10H,1-2H3. The molecule has 0 bridgehead atoms. The van der Waals surface area contributed by atoms with Gasteiger partial charge in [-0.3, -0.25) is 9.59 Å². The van der Waals surface area contributed by atoms with Crippen LogP contribution < -0.4 is 0 Å². The molecule has 0 radical (unpaired) electrons. The highest BCUT2D eigenvalue weighted by Gasteiger charge is 2.19. The van der Waals surface area contributed by atoms with Gasteiger partial charge in [-0.1, -0.05) is 11.6 Å². The maximum atomic E-state index is 12.9. The summed E-state index contributed by atoms with van der Waals surface area (Å²) >= 11 is 5.88. The topological polar surface area (TPSA) is 38.5 Å². The Kier molecular flexibility index (Phi) is 3.59. The third-order valence-corrected chi connectivity index (χ3v) is 4.03. The lowest BCUT2D eigenvalue weighted by Crippen LogP contribution is -2.13. The van der Waals surface area contributed by atoms with Crippen LogP contribution in [0.2, 0.25) is 5.02 Å². The number of Topliss-reactive ketones (excluding diaryl/α,β-unsaturated/α-hetero) is 1. The summed E-state index contributed by atoms with van der Waals surface area (Å²) in [5.74, 6) is -0.176. The first kappa shape index (κ1) is 14.5. The zero-order valence-corrected chi connectivity index (χ0v) is 13.0. The van der Waals surface area contributed by atoms with Crippen molar-refractivity contribution >= 4 is 28.7 Å². The number of rotatable bonds is 3. The van der Waals surface area contributed by atoms with Crippen molar-refractivity contribution in [2.75, 3.05) is 0 Å². The van der Waals surface area contributed by atoms with Crippen molar-refractivity contribution < 1.29 is 9.59 Å². The van der Waals surface area contributed by atoms with Gasteiger partial charge in [0.1, 0.15) is 0 Å². The van der Waals surface area contributed by atoms with Gasteiger partial charge in [-0.15, -0.1) is 0 Å². The van der Waals surface area contributed by atoms with E-state index < -0.39 is 0 Å². The van der Waals surface area contributed by atoms with Crippen LogP contribution in [-0.4, -0.2) is 16.0 Å². The third-order valence-electron chi connectivity index (χ3n) is 3.77. The molecule has 22 heavy (non-hydrogen) atoms. The van der Waals surface area contributed by atoms with Crippen molar-refractivity contribution in [1.82, 2.24) is 4.40 Å². The zero-order chi connectivity index (χ0) is 15.9. The molecule has 3 rings (SSSR count). The number of fused-ring (bicyclic) bond motifs is 1. The van der Waals surface area contributed by atoms with Gasteiger partial charge in [0, 0.05) is 27.9 Å². The molecule has 0 amide bonds. The molecule has 3 nitrogen and oxygen atoms in total. The molecule has 3 aromatic rings. The molecule has 0 atom stereocenters. The smallest absolute Gasteiger partial charge is 0.210 e. The van der Waals surface area contributed by atoms with Crippen LogP contribution in [0.4, 0.5) is 0 Å². The van der Waals surface area contributed by atoms with Crippen LogP contribution in [0, 0.1) is 6.92 Å². The second-order valence-corrected chi connectivity index (χ2v) is 5.66. The van der Waals surface area contributed by atoms with Gasteiger partial charge in [0.05, 0.1) is 5.69 Å². The Balaban J connectivity index is 2.26. The second-order valence-electron chi connectivity index (χ2n) is 5.23. The van der Waals surface area contributed by atoms with E-state index in [1.54, 1.807) is 31.2 Å². The van der Waals surface area contributed by atoms with Gasteiger partial charge in [0.15, 0.2) is 5.78 Å². The predicted octanol–water partition coefficient (Wildman–Crippen LogP) is 4.33. The molecule has 0 saturated heterocycles. The number of nitrogens with zero attached hydrogens (tertiary/aromatic N) is 1. The van der Waals surface area contributed by atoms with E-state index in [-0.39, 0.29) is 11.6 Å². The average Bonchev–Trinajstić information content (AvgIpc) is 2.94. The number of benzene rings is 1. The fourth-order valence-electron chi connectivity index (χ4n) is 2.66. The summed E-state index contributed by atoms with van der Waals surface area (Å²) in [5, 5.41) is 0.580. The third kappa shape index (κ3) is 2.34. The highest BCUT2D eigenvalue weighted by atomic mass is 35.5. The van der Waals surface area contributed by atoms with Crippen LogP contribution in [0.3, 0.4) is 0 Å². The van der Waals surface area contributed by atoms with E-state index >= 15 is 0 Å². The molecule has 0 N–H and O–H groups in total. The monoisotopic (exact) mass is 311 g/mol.